The van der Waals surface area contributed by atoms with Crippen molar-refractivity contribution in [1.82, 2.24) is 5.32 Å². The molecule has 0 saturated heterocycles. The van der Waals surface area contributed by atoms with Crippen LogP contribution in [-0.2, 0) is 23.8 Å². The van der Waals surface area contributed by atoms with E-state index in [2.05, 4.69) is 5.32 Å². The molecule has 1 rings (SSSR count). The molecule has 1 amide bonds. The first-order chi connectivity index (χ1) is 16.3. The SMILES string of the molecule is Cc1ccc(OCCC[C@@H](CC(NC(=O)OC(C)(C)C)C(=O)OC(C)(C)C)C(=O)OC(C)(C)C)cc1. The van der Waals surface area contributed by atoms with Gasteiger partial charge >= 0.3 is 18.0 Å². The molecule has 204 valence electrons. The summed E-state index contributed by atoms with van der Waals surface area (Å²) in [4.78, 5) is 38.5. The van der Waals surface area contributed by atoms with Gasteiger partial charge in [-0.25, -0.2) is 9.59 Å². The predicted octanol–water partition coefficient (Wildman–Crippen LogP) is 5.74. The number of ether oxygens (including phenoxy) is 4. The second kappa shape index (κ2) is 13.0. The lowest BCUT2D eigenvalue weighted by Crippen LogP contribution is -2.47. The molecule has 1 aromatic rings. The molecular formula is C28H45NO7. The lowest BCUT2D eigenvalue weighted by molar-refractivity contribution is -0.163. The van der Waals surface area contributed by atoms with E-state index in [-0.39, 0.29) is 6.42 Å². The molecule has 0 radical (unpaired) electrons. The van der Waals surface area contributed by atoms with Gasteiger partial charge in [-0.15, -0.1) is 0 Å². The van der Waals surface area contributed by atoms with Crippen LogP contribution < -0.4 is 10.1 Å². The van der Waals surface area contributed by atoms with Gasteiger partial charge in [0.1, 0.15) is 28.6 Å². The molecule has 36 heavy (non-hydrogen) atoms. The summed E-state index contributed by atoms with van der Waals surface area (Å²) < 4.78 is 22.3. The van der Waals surface area contributed by atoms with Crippen LogP contribution in [0.25, 0.3) is 0 Å². The van der Waals surface area contributed by atoms with Gasteiger partial charge in [0.25, 0.3) is 0 Å². The normalized spacial score (nSPS) is 13.8. The van der Waals surface area contributed by atoms with Gasteiger partial charge in [0, 0.05) is 0 Å². The monoisotopic (exact) mass is 507 g/mol. The number of amides is 1. The maximum absolute atomic E-state index is 13.1. The van der Waals surface area contributed by atoms with E-state index >= 15 is 0 Å². The number of nitrogens with one attached hydrogen (secondary N) is 1. The van der Waals surface area contributed by atoms with E-state index in [1.165, 1.54) is 0 Å². The Morgan fingerprint density at radius 3 is 1.78 bits per heavy atom. The molecular weight excluding hydrogens is 462 g/mol. The van der Waals surface area contributed by atoms with Crippen LogP contribution >= 0.6 is 0 Å². The summed E-state index contributed by atoms with van der Waals surface area (Å²) in [6.07, 6.45) is 0.193. The van der Waals surface area contributed by atoms with Crippen LogP contribution in [-0.4, -0.2) is 47.5 Å². The molecule has 8 heteroatoms. The van der Waals surface area contributed by atoms with E-state index < -0.39 is 46.8 Å². The van der Waals surface area contributed by atoms with Gasteiger partial charge in [0.05, 0.1) is 12.5 Å². The minimum Gasteiger partial charge on any atom is -0.494 e. The second-order valence-corrected chi connectivity index (χ2v) is 12.0. The average Bonchev–Trinajstić information content (AvgIpc) is 2.66. The number of esters is 2. The number of hydrogen-bond acceptors (Lipinski definition) is 7. The van der Waals surface area contributed by atoms with Crippen LogP contribution in [0, 0.1) is 12.8 Å². The molecule has 0 heterocycles. The maximum Gasteiger partial charge on any atom is 0.408 e. The van der Waals surface area contributed by atoms with Gasteiger partial charge in [0.15, 0.2) is 0 Å². The van der Waals surface area contributed by atoms with Gasteiger partial charge < -0.3 is 24.3 Å². The highest BCUT2D eigenvalue weighted by Gasteiger charge is 2.34. The van der Waals surface area contributed by atoms with Gasteiger partial charge in [-0.05, 0) is 101 Å². The predicted molar refractivity (Wildman–Crippen MR) is 139 cm³/mol. The molecule has 1 aromatic carbocycles. The molecule has 0 saturated carbocycles. The number of benzene rings is 1. The fourth-order valence-electron chi connectivity index (χ4n) is 3.19. The summed E-state index contributed by atoms with van der Waals surface area (Å²) in [6, 6.07) is 6.63. The van der Waals surface area contributed by atoms with E-state index in [9.17, 15) is 14.4 Å². The topological polar surface area (TPSA) is 100 Å². The number of rotatable bonds is 10. The number of carbonyl (C=O) groups is 3. The molecule has 0 aliphatic carbocycles. The van der Waals surface area contributed by atoms with Gasteiger partial charge in [0.2, 0.25) is 0 Å². The fraction of sp³-hybridized carbons (Fsp3) is 0.679. The number of aryl methyl sites for hydroxylation is 1. The number of carbonyl (C=O) groups excluding carboxylic acids is 3. The highest BCUT2D eigenvalue weighted by atomic mass is 16.6. The van der Waals surface area contributed by atoms with Crippen molar-refractivity contribution in [3.63, 3.8) is 0 Å². The van der Waals surface area contributed by atoms with E-state index in [0.29, 0.717) is 19.4 Å². The first kappa shape index (κ1) is 31.3. The zero-order valence-electron chi connectivity index (χ0n) is 23.7. The van der Waals surface area contributed by atoms with E-state index in [1.54, 1.807) is 62.3 Å². The summed E-state index contributed by atoms with van der Waals surface area (Å²) in [7, 11) is 0. The van der Waals surface area contributed by atoms with Crippen molar-refractivity contribution in [1.29, 1.82) is 0 Å². The van der Waals surface area contributed by atoms with E-state index in [0.717, 1.165) is 11.3 Å². The molecule has 2 atom stereocenters. The van der Waals surface area contributed by atoms with Crippen LogP contribution in [0.4, 0.5) is 4.79 Å². The van der Waals surface area contributed by atoms with E-state index in [4.69, 9.17) is 18.9 Å². The largest absolute Gasteiger partial charge is 0.494 e. The third kappa shape index (κ3) is 14.0. The van der Waals surface area contributed by atoms with Crippen molar-refractivity contribution in [3.05, 3.63) is 29.8 Å². The summed E-state index contributed by atoms with van der Waals surface area (Å²) in [5.74, 6) is -1.01. The highest BCUT2D eigenvalue weighted by Crippen LogP contribution is 2.23. The van der Waals surface area contributed by atoms with E-state index in [1.807, 2.05) is 31.2 Å². The summed E-state index contributed by atoms with van der Waals surface area (Å²) in [5.41, 5.74) is -1.08. The molecule has 0 bridgehead atoms. The highest BCUT2D eigenvalue weighted by molar-refractivity contribution is 5.83. The summed E-state index contributed by atoms with van der Waals surface area (Å²) in [6.45, 7) is 18.1. The van der Waals surface area contributed by atoms with Crippen molar-refractivity contribution in [3.8, 4) is 5.75 Å². The van der Waals surface area contributed by atoms with Crippen molar-refractivity contribution in [2.75, 3.05) is 6.61 Å². The number of alkyl carbamates (subject to hydrolysis) is 1. The Kier molecular flexibility index (Phi) is 11.3. The van der Waals surface area contributed by atoms with Crippen molar-refractivity contribution < 1.29 is 33.3 Å². The summed E-state index contributed by atoms with van der Waals surface area (Å²) in [5, 5.41) is 2.59. The molecule has 1 unspecified atom stereocenters. The van der Waals surface area contributed by atoms with Gasteiger partial charge in [-0.3, -0.25) is 4.79 Å². The minimum absolute atomic E-state index is 0.00754. The molecule has 0 aliphatic heterocycles. The Bertz CT molecular complexity index is 858. The van der Waals surface area contributed by atoms with Crippen molar-refractivity contribution in [2.45, 2.75) is 111 Å². The van der Waals surface area contributed by atoms with Crippen molar-refractivity contribution >= 4 is 18.0 Å². The standard InChI is InChI=1S/C28H45NO7/c1-19-13-15-21(16-14-19)33-17-11-12-20(23(30)34-26(2,3)4)18-22(24(31)35-27(5,6)7)29-25(32)36-28(8,9)10/h13-16,20,22H,11-12,17-18H2,1-10H3,(H,29,32)/t20-,22?/m0/s1. The third-order valence-corrected chi connectivity index (χ3v) is 4.63. The zero-order valence-corrected chi connectivity index (χ0v) is 23.7. The third-order valence-electron chi connectivity index (χ3n) is 4.63. The van der Waals surface area contributed by atoms with Crippen molar-refractivity contribution in [2.24, 2.45) is 5.92 Å². The molecule has 0 aromatic heterocycles. The molecule has 0 spiro atoms. The van der Waals surface area contributed by atoms with Crippen LogP contribution in [0.15, 0.2) is 24.3 Å². The zero-order chi connectivity index (χ0) is 27.7. The first-order valence-electron chi connectivity index (χ1n) is 12.5. The Morgan fingerprint density at radius 1 is 0.778 bits per heavy atom. The second-order valence-electron chi connectivity index (χ2n) is 12.0. The number of hydrogen-bond donors (Lipinski definition) is 1. The van der Waals surface area contributed by atoms with Gasteiger partial charge in [-0.2, -0.15) is 0 Å². The lowest BCUT2D eigenvalue weighted by Gasteiger charge is -2.29. The minimum atomic E-state index is -1.09. The maximum atomic E-state index is 13.1. The van der Waals surface area contributed by atoms with Crippen LogP contribution in [0.3, 0.4) is 0 Å². The Balaban J connectivity index is 3.00. The molecule has 0 fully saturated rings. The fourth-order valence-corrected chi connectivity index (χ4v) is 3.19. The van der Waals surface area contributed by atoms with Crippen LogP contribution in [0.5, 0.6) is 5.75 Å². The Hall–Kier alpha value is -2.77. The smallest absolute Gasteiger partial charge is 0.408 e. The first-order valence-corrected chi connectivity index (χ1v) is 12.5. The Labute approximate surface area is 216 Å². The lowest BCUT2D eigenvalue weighted by atomic mass is 9.94. The molecule has 1 N–H and O–H groups in total. The molecule has 8 nitrogen and oxygen atoms in total. The van der Waals surface area contributed by atoms with Crippen LogP contribution in [0.2, 0.25) is 0 Å². The molecule has 0 aliphatic rings. The van der Waals surface area contributed by atoms with Gasteiger partial charge in [-0.1, -0.05) is 17.7 Å². The quantitative estimate of drug-likeness (QED) is 0.245. The summed E-state index contributed by atoms with van der Waals surface area (Å²) >= 11 is 0. The average molecular weight is 508 g/mol. The van der Waals surface area contributed by atoms with Crippen LogP contribution in [0.1, 0.15) is 87.1 Å². The Morgan fingerprint density at radius 2 is 1.28 bits per heavy atom.